The number of allylic oxidation sites excluding steroid dienone is 1. The average molecular weight is 646 g/mol. The maximum atomic E-state index is 13.5. The Hall–Kier alpha value is -1.86. The Morgan fingerprint density at radius 3 is 2.21 bits per heavy atom. The first-order chi connectivity index (χ1) is 18.9. The van der Waals surface area contributed by atoms with Gasteiger partial charge in [0.2, 0.25) is 0 Å². The van der Waals surface area contributed by atoms with Crippen LogP contribution in [-0.4, -0.2) is 70.7 Å². The molecule has 3 heterocycles. The fourth-order valence-electron chi connectivity index (χ4n) is 4.39. The second kappa shape index (κ2) is 11.3. The Bertz CT molecular complexity index is 1480. The van der Waals surface area contributed by atoms with Crippen molar-refractivity contribution >= 4 is 26.8 Å². The van der Waals surface area contributed by atoms with Crippen molar-refractivity contribution in [2.45, 2.75) is 109 Å². The van der Waals surface area contributed by atoms with E-state index in [2.05, 4.69) is 25.8 Å². The van der Waals surface area contributed by atoms with E-state index in [0.29, 0.717) is 0 Å². The van der Waals surface area contributed by atoms with Crippen LogP contribution in [0, 0.1) is 6.92 Å². The molecule has 1 aromatic rings. The van der Waals surface area contributed by atoms with E-state index in [-0.39, 0.29) is 32.8 Å². The number of H-pyrrole nitrogens is 1. The van der Waals surface area contributed by atoms with E-state index in [4.69, 9.17) is 23.5 Å². The molecule has 42 heavy (non-hydrogen) atoms. The lowest BCUT2D eigenvalue weighted by molar-refractivity contribution is -0.0563. The summed E-state index contributed by atoms with van der Waals surface area (Å²) in [6.45, 7) is 21.3. The molecular weight excluding hydrogens is 599 g/mol. The zero-order valence-electron chi connectivity index (χ0n) is 26.5. The molecule has 4 N–H and O–H groups in total. The molecule has 1 saturated heterocycles. The predicted molar refractivity (Wildman–Crippen MR) is 165 cm³/mol. The monoisotopic (exact) mass is 645 g/mol. The molecule has 4 atom stereocenters. The quantitative estimate of drug-likeness (QED) is 0.282. The molecule has 238 valence electrons. The van der Waals surface area contributed by atoms with Crippen LogP contribution in [0.3, 0.4) is 0 Å². The van der Waals surface area contributed by atoms with Crippen LogP contribution < -0.4 is 17.0 Å². The number of hydrogen-bond acceptors (Lipinski definition) is 10. The first-order valence-corrected chi connectivity index (χ1v) is 21.2. The second-order valence-electron chi connectivity index (χ2n) is 14.1. The molecule has 0 aliphatic carbocycles. The molecule has 0 radical (unpaired) electrons. The summed E-state index contributed by atoms with van der Waals surface area (Å²) < 4.78 is 54.1. The first-order valence-electron chi connectivity index (χ1n) is 14.0. The number of aliphatic hydroxyl groups excluding tert-OH is 1. The highest BCUT2D eigenvalue weighted by atomic mass is 32.2. The third kappa shape index (κ3) is 6.07. The van der Waals surface area contributed by atoms with Crippen LogP contribution in [0.15, 0.2) is 38.5 Å². The Kier molecular flexibility index (Phi) is 9.28. The fraction of sp³-hybridized carbons (Fsp3) is 0.704. The maximum Gasteiger partial charge on any atom is 0.330 e. The van der Waals surface area contributed by atoms with Crippen molar-refractivity contribution in [1.29, 1.82) is 0 Å². The highest BCUT2D eigenvalue weighted by molar-refractivity contribution is 7.91. The van der Waals surface area contributed by atoms with Gasteiger partial charge in [-0.05, 0) is 49.3 Å². The Balaban J connectivity index is 2.36. The van der Waals surface area contributed by atoms with Gasteiger partial charge in [0.1, 0.15) is 17.1 Å². The van der Waals surface area contributed by atoms with Crippen molar-refractivity contribution in [3.05, 3.63) is 55.4 Å². The smallest absolute Gasteiger partial charge is 0.330 e. The van der Waals surface area contributed by atoms with Crippen molar-refractivity contribution in [1.82, 2.24) is 9.55 Å². The van der Waals surface area contributed by atoms with Gasteiger partial charge in [0, 0.05) is 11.8 Å². The van der Waals surface area contributed by atoms with Gasteiger partial charge in [0.25, 0.3) is 15.7 Å². The molecular formula is C27H47N3O9SSi2. The van der Waals surface area contributed by atoms with Gasteiger partial charge in [0.05, 0.1) is 18.9 Å². The molecule has 2 aliphatic heterocycles. The number of aromatic amines is 1. The number of nitrogens with one attached hydrogen (secondary N) is 1. The lowest BCUT2D eigenvalue weighted by Gasteiger charge is -2.43. The number of aromatic nitrogens is 2. The van der Waals surface area contributed by atoms with E-state index in [0.717, 1.165) is 0 Å². The predicted octanol–water partition coefficient (Wildman–Crippen LogP) is 2.97. The molecule has 15 heteroatoms. The summed E-state index contributed by atoms with van der Waals surface area (Å²) in [6.07, 6.45) is 0.206. The number of nitrogens with two attached hydrogens (primary N) is 1. The maximum absolute atomic E-state index is 13.5. The topological polar surface area (TPSA) is 172 Å². The summed E-state index contributed by atoms with van der Waals surface area (Å²) in [5.41, 5.74) is 3.55. The number of nitrogens with zero attached hydrogens (tertiary/aromatic N) is 1. The van der Waals surface area contributed by atoms with Crippen molar-refractivity contribution in [2.24, 2.45) is 5.73 Å². The molecule has 0 aromatic carbocycles. The first kappa shape index (κ1) is 34.6. The van der Waals surface area contributed by atoms with Gasteiger partial charge < -0.3 is 24.4 Å². The van der Waals surface area contributed by atoms with Crippen LogP contribution in [0.2, 0.25) is 36.3 Å². The van der Waals surface area contributed by atoms with E-state index in [1.807, 2.05) is 47.0 Å². The Labute approximate surface area is 250 Å². The van der Waals surface area contributed by atoms with Crippen molar-refractivity contribution in [2.75, 3.05) is 13.2 Å². The minimum absolute atomic E-state index is 0.103. The van der Waals surface area contributed by atoms with E-state index in [1.165, 1.54) is 22.9 Å². The number of hydrogen-bond donors (Lipinski definition) is 3. The number of aryl methyl sites for hydroxylation is 1. The largest absolute Gasteiger partial charge is 0.414 e. The normalized spacial score (nSPS) is 27.1. The second-order valence-corrected chi connectivity index (χ2v) is 25.1. The van der Waals surface area contributed by atoms with Crippen LogP contribution in [0.25, 0.3) is 0 Å². The Morgan fingerprint density at radius 2 is 1.69 bits per heavy atom. The van der Waals surface area contributed by atoms with E-state index in [9.17, 15) is 23.1 Å². The lowest BCUT2D eigenvalue weighted by Crippen LogP contribution is -2.59. The summed E-state index contributed by atoms with van der Waals surface area (Å²) in [5.74, 6) is 0. The van der Waals surface area contributed by atoms with Crippen LogP contribution >= 0.6 is 0 Å². The molecule has 12 nitrogen and oxygen atoms in total. The number of ether oxygens (including phenoxy) is 1. The summed E-state index contributed by atoms with van der Waals surface area (Å²) in [4.78, 5) is 27.4. The van der Waals surface area contributed by atoms with Crippen LogP contribution in [0.4, 0.5) is 0 Å². The molecule has 0 saturated carbocycles. The standard InChI is InChI=1S/C27H47N3O9SSi2/c1-17-15-30(24(33)29-22(17)32)23-21(38-42(10,11)26(5,6)7)27(19(37-23)16-36-41(8,9)25(2,3)4)20(28)18(13-12-14-31)40(34,35)39-27/h12-13,15,19,21,23,31H,14,16,28H2,1-11H3,(H,29,32,33)/b13-12+/t19?,21-,23+,27?/m0/s1. The minimum Gasteiger partial charge on any atom is -0.414 e. The third-order valence-electron chi connectivity index (χ3n) is 9.09. The van der Waals surface area contributed by atoms with Gasteiger partial charge in [-0.15, -0.1) is 0 Å². The van der Waals surface area contributed by atoms with Crippen LogP contribution in [0.5, 0.6) is 0 Å². The van der Waals surface area contributed by atoms with Crippen LogP contribution in [-0.2, 0) is 27.9 Å². The highest BCUT2D eigenvalue weighted by Gasteiger charge is 2.68. The Morgan fingerprint density at radius 1 is 1.12 bits per heavy atom. The molecule has 2 unspecified atom stereocenters. The molecule has 0 amide bonds. The van der Waals surface area contributed by atoms with E-state index in [1.54, 1.807) is 6.92 Å². The number of aliphatic hydroxyl groups is 1. The van der Waals surface area contributed by atoms with Gasteiger partial charge in [-0.2, -0.15) is 8.42 Å². The van der Waals surface area contributed by atoms with Crippen molar-refractivity contribution < 1.29 is 31.3 Å². The van der Waals surface area contributed by atoms with Gasteiger partial charge in [0.15, 0.2) is 28.5 Å². The van der Waals surface area contributed by atoms with Crippen molar-refractivity contribution in [3.63, 3.8) is 0 Å². The average Bonchev–Trinajstić information content (AvgIpc) is 3.21. The van der Waals surface area contributed by atoms with E-state index >= 15 is 0 Å². The molecule has 3 rings (SSSR count). The van der Waals surface area contributed by atoms with Gasteiger partial charge in [-0.1, -0.05) is 47.6 Å². The third-order valence-corrected chi connectivity index (χ3v) is 19.4. The van der Waals surface area contributed by atoms with Crippen molar-refractivity contribution in [3.8, 4) is 0 Å². The molecule has 1 spiro atoms. The molecule has 1 fully saturated rings. The zero-order chi connectivity index (χ0) is 32.3. The van der Waals surface area contributed by atoms with Gasteiger partial charge in [-0.25, -0.2) is 8.98 Å². The fourth-order valence-corrected chi connectivity index (χ4v) is 8.10. The van der Waals surface area contributed by atoms with Gasteiger partial charge >= 0.3 is 5.69 Å². The SMILES string of the molecule is Cc1cn([C@@H]2OC(CO[Si](C)(C)C(C)(C)C)C3(OS(=O)(=O)C(/C=C/CO)=C3N)[C@H]2O[Si](C)(C)C(C)(C)C)c(=O)[nH]c1=O. The zero-order valence-corrected chi connectivity index (χ0v) is 29.3. The summed E-state index contributed by atoms with van der Waals surface area (Å²) >= 11 is 0. The minimum atomic E-state index is -4.45. The van der Waals surface area contributed by atoms with Gasteiger partial charge in [-0.3, -0.25) is 14.3 Å². The van der Waals surface area contributed by atoms with E-state index < -0.39 is 68.6 Å². The molecule has 1 aromatic heterocycles. The molecule has 2 aliphatic rings. The number of rotatable bonds is 8. The summed E-state index contributed by atoms with van der Waals surface area (Å²) in [7, 11) is -9.58. The lowest BCUT2D eigenvalue weighted by atomic mass is 9.88. The highest BCUT2D eigenvalue weighted by Crippen LogP contribution is 2.53. The summed E-state index contributed by atoms with van der Waals surface area (Å²) in [5, 5.41) is 8.88. The molecule has 0 bridgehead atoms. The summed E-state index contributed by atoms with van der Waals surface area (Å²) in [6, 6.07) is 0. The van der Waals surface area contributed by atoms with Crippen LogP contribution in [0.1, 0.15) is 53.3 Å².